The topological polar surface area (TPSA) is 154 Å². The van der Waals surface area contributed by atoms with Crippen molar-refractivity contribution in [3.8, 4) is 0 Å². The summed E-state index contributed by atoms with van der Waals surface area (Å²) in [6.07, 6.45) is 13.3. The molecule has 16 nitrogen and oxygen atoms in total. The Kier molecular flexibility index (Phi) is 14.4. The molecule has 1 aromatic carbocycles. The SMILES string of the molecule is Brc1nc2ccccc2s1.C=CCON1C(=O)N2CC(c3nc4cccnc4s3)=CC1C2.C=CCON1C(=O)N2C[C]([Sn]([CH3])([CH3])[CH3])=CC1C2.CN1C(=O)N2CC(c3nc4cccnc4s3)=CC1C2. The summed E-state index contributed by atoms with van der Waals surface area (Å²) in [7, 11) is 1.85. The Morgan fingerprint density at radius 3 is 1.69 bits per heavy atom. The molecule has 11 heterocycles. The number of carbonyl (C=O) groups is 3. The van der Waals surface area contributed by atoms with E-state index < -0.39 is 18.4 Å². The zero-order valence-electron chi connectivity index (χ0n) is 38.0. The van der Waals surface area contributed by atoms with E-state index in [1.165, 1.54) is 18.4 Å². The maximum atomic E-state index is 12.3. The molecule has 5 aromatic heterocycles. The summed E-state index contributed by atoms with van der Waals surface area (Å²) in [4.78, 5) is 85.6. The quantitative estimate of drug-likeness (QED) is 0.101. The minimum atomic E-state index is -2.06. The van der Waals surface area contributed by atoms with Gasteiger partial charge in [0.05, 0.1) is 42.0 Å². The number of para-hydroxylation sites is 1. The van der Waals surface area contributed by atoms with E-state index >= 15 is 0 Å². The van der Waals surface area contributed by atoms with Crippen molar-refractivity contribution in [1.29, 1.82) is 0 Å². The number of carbonyl (C=O) groups excluding carboxylic acids is 3. The third-order valence-corrected chi connectivity index (χ3v) is 21.9. The van der Waals surface area contributed by atoms with Gasteiger partial charge in [-0.3, -0.25) is 4.84 Å². The van der Waals surface area contributed by atoms with E-state index in [9.17, 15) is 14.4 Å². The van der Waals surface area contributed by atoms with Crippen LogP contribution in [0.5, 0.6) is 0 Å². The van der Waals surface area contributed by atoms with Gasteiger partial charge in [-0.05, 0) is 58.4 Å². The van der Waals surface area contributed by atoms with Gasteiger partial charge in [0.15, 0.2) is 3.92 Å². The van der Waals surface area contributed by atoms with Gasteiger partial charge >= 0.3 is 119 Å². The fourth-order valence-corrected chi connectivity index (χ4v) is 15.5. The summed E-state index contributed by atoms with van der Waals surface area (Å²) in [5, 5.41) is 4.83. The average Bonchev–Trinajstić information content (AvgIpc) is 4.18. The van der Waals surface area contributed by atoms with E-state index in [1.54, 1.807) is 68.4 Å². The molecule has 0 N–H and O–H groups in total. The molecule has 12 rings (SSSR count). The Hall–Kier alpha value is -5.10. The monoisotopic (exact) mass is 1140 g/mol. The van der Waals surface area contributed by atoms with Crippen LogP contribution < -0.4 is 0 Å². The Bertz CT molecular complexity index is 2900. The van der Waals surface area contributed by atoms with Crippen molar-refractivity contribution < 1.29 is 24.1 Å². The van der Waals surface area contributed by atoms with E-state index in [1.807, 2.05) is 59.3 Å². The molecule has 6 aliphatic rings. The molecule has 3 atom stereocenters. The van der Waals surface area contributed by atoms with E-state index in [-0.39, 0.29) is 36.2 Å². The largest absolute Gasteiger partial charge is 0.320 e. The van der Waals surface area contributed by atoms with Crippen LogP contribution in [0.2, 0.25) is 14.8 Å². The van der Waals surface area contributed by atoms with Crippen LogP contribution in [0.15, 0.2) is 112 Å². The number of halogens is 1. The smallest absolute Gasteiger partial charge is 0.319 e. The number of pyridine rings is 2. The number of amides is 6. The zero-order valence-corrected chi connectivity index (χ0v) is 44.9. The van der Waals surface area contributed by atoms with Gasteiger partial charge < -0.3 is 14.7 Å². The number of fused-ring (bicyclic) bond motifs is 9. The van der Waals surface area contributed by atoms with Gasteiger partial charge in [-0.1, -0.05) is 47.0 Å². The molecule has 6 bridgehead atoms. The van der Waals surface area contributed by atoms with E-state index in [2.05, 4.69) is 93.1 Å². The van der Waals surface area contributed by atoms with Gasteiger partial charge in [-0.15, -0.1) is 17.9 Å². The Balaban J connectivity index is 0.000000117. The predicted octanol–water partition coefficient (Wildman–Crippen LogP) is 9.22. The first-order valence-electron chi connectivity index (χ1n) is 22.0. The molecule has 6 amide bonds. The van der Waals surface area contributed by atoms with Crippen molar-refractivity contribution in [3.05, 3.63) is 122 Å². The molecule has 0 spiro atoms. The molecular formula is C47H50BrN11O5S3Sn. The van der Waals surface area contributed by atoms with Gasteiger partial charge in [-0.25, -0.2) is 34.5 Å². The Morgan fingerprint density at radius 2 is 1.16 bits per heavy atom. The second-order valence-corrected chi connectivity index (χ2v) is 36.5. The Labute approximate surface area is 418 Å². The molecule has 3 fully saturated rings. The molecule has 3 unspecified atom stereocenters. The predicted molar refractivity (Wildman–Crippen MR) is 276 cm³/mol. The van der Waals surface area contributed by atoms with Crippen molar-refractivity contribution >= 4 is 128 Å². The minimum absolute atomic E-state index is 0.00126. The van der Waals surface area contributed by atoms with Gasteiger partial charge in [-0.2, -0.15) is 5.06 Å². The average molecular weight is 1140 g/mol. The summed E-state index contributed by atoms with van der Waals surface area (Å²) in [5.74, 6) is 0. The normalized spacial score (nSPS) is 20.5. The number of aromatic nitrogens is 5. The fraction of sp³-hybridized carbons (Fsp3) is 0.319. The van der Waals surface area contributed by atoms with Gasteiger partial charge in [0.25, 0.3) is 0 Å². The zero-order chi connectivity index (χ0) is 47.7. The number of rotatable bonds is 9. The standard InChI is InChI=1S/C15H14N4O2S.C13H12N4OS.C9H11N2O2.C7H4BrNS.3CH3.Sn/c1-2-6-21-19-11-7-10(8-18(9-11)15(19)20)13-17-12-4-3-5-16-14(12)22-13;1-16-9-5-8(6-17(7-9)13(16)18)11-15-10-3-2-4-14-12(10)19-11;1-2-6-13-11-8-4-3-5-10(7-8)9(11)12;8-7-9-5-3-1-2-4-6(5)10-7;;;;/h2-5,7,11H,1,6,8-9H2;2-5,9H,6-7H2,1H3;2,4,8H,1,5-7H2;1-4H;3*1H3;. The van der Waals surface area contributed by atoms with Crippen molar-refractivity contribution in [2.24, 2.45) is 0 Å². The maximum Gasteiger partial charge on any atom is 0.320 e. The number of benzene rings is 1. The summed E-state index contributed by atoms with van der Waals surface area (Å²) in [6, 6.07) is 16.0. The molecule has 21 heteroatoms. The van der Waals surface area contributed by atoms with Crippen LogP contribution in [0.4, 0.5) is 14.4 Å². The second-order valence-electron chi connectivity index (χ2n) is 17.6. The molecular weight excluding hydrogens is 1090 g/mol. The maximum absolute atomic E-state index is 12.3. The van der Waals surface area contributed by atoms with Crippen LogP contribution >= 0.6 is 49.9 Å². The van der Waals surface area contributed by atoms with Crippen LogP contribution in [-0.4, -0.2) is 169 Å². The fourth-order valence-electron chi connectivity index (χ4n) is 8.37. The van der Waals surface area contributed by atoms with E-state index in [4.69, 9.17) is 9.68 Å². The van der Waals surface area contributed by atoms with Crippen molar-refractivity contribution in [2.45, 2.75) is 32.9 Å². The number of likely N-dealkylation sites (N-methyl/N-ethyl adjacent to an activating group) is 1. The van der Waals surface area contributed by atoms with Crippen molar-refractivity contribution in [3.63, 3.8) is 0 Å². The molecule has 0 saturated carbocycles. The molecule has 3 saturated heterocycles. The molecule has 0 aliphatic carbocycles. The molecule has 68 heavy (non-hydrogen) atoms. The number of hydrogen-bond donors (Lipinski definition) is 0. The first kappa shape index (κ1) is 47.9. The summed E-state index contributed by atoms with van der Waals surface area (Å²) in [6.45, 7) is 12.2. The number of nitrogens with zero attached hydrogens (tertiary/aromatic N) is 11. The first-order chi connectivity index (χ1) is 32.8. The Morgan fingerprint density at radius 1 is 0.662 bits per heavy atom. The van der Waals surface area contributed by atoms with E-state index in [0.717, 1.165) is 70.9 Å². The first-order valence-corrected chi connectivity index (χ1v) is 35.2. The molecule has 0 radical (unpaired) electrons. The van der Waals surface area contributed by atoms with Crippen molar-refractivity contribution in [1.82, 2.24) is 54.6 Å². The summed E-state index contributed by atoms with van der Waals surface area (Å²) in [5.41, 5.74) is 5.08. The van der Waals surface area contributed by atoms with Crippen molar-refractivity contribution in [2.75, 3.05) is 59.5 Å². The molecule has 6 aliphatic heterocycles. The molecule has 6 aromatic rings. The molecule has 352 valence electrons. The third kappa shape index (κ3) is 10.3. The van der Waals surface area contributed by atoms with Gasteiger partial charge in [0.2, 0.25) is 0 Å². The number of hydroxylamine groups is 4. The minimum Gasteiger partial charge on any atom is -0.319 e. The van der Waals surface area contributed by atoms with Crippen LogP contribution in [0.25, 0.3) is 42.1 Å². The van der Waals surface area contributed by atoms with Crippen LogP contribution in [-0.2, 0) is 9.68 Å². The van der Waals surface area contributed by atoms with Gasteiger partial charge in [0, 0.05) is 43.7 Å². The third-order valence-electron chi connectivity index (χ3n) is 11.9. The van der Waals surface area contributed by atoms with Crippen LogP contribution in [0.3, 0.4) is 0 Å². The number of hydrogen-bond acceptors (Lipinski definition) is 13. The summed E-state index contributed by atoms with van der Waals surface area (Å²) >= 11 is 6.08. The van der Waals surface area contributed by atoms with Crippen LogP contribution in [0.1, 0.15) is 10.0 Å². The van der Waals surface area contributed by atoms with Gasteiger partial charge in [0.1, 0.15) is 30.7 Å². The van der Waals surface area contributed by atoms with Crippen LogP contribution in [0, 0.1) is 0 Å². The van der Waals surface area contributed by atoms with E-state index in [0.29, 0.717) is 32.8 Å². The number of thiazole rings is 3. The second kappa shape index (κ2) is 20.5. The number of urea groups is 3. The summed E-state index contributed by atoms with van der Waals surface area (Å²) < 4.78 is 3.69.